The first-order valence-electron chi connectivity index (χ1n) is 7.57. The third-order valence-electron chi connectivity index (χ3n) is 3.60. The predicted molar refractivity (Wildman–Crippen MR) is 88.5 cm³/mol. The largest absolute Gasteiger partial charge is 0.443 e. The zero-order chi connectivity index (χ0) is 17.5. The van der Waals surface area contributed by atoms with Gasteiger partial charge in [-0.25, -0.2) is 9.36 Å². The molecule has 1 aliphatic heterocycles. The van der Waals surface area contributed by atoms with Gasteiger partial charge < -0.3 is 10.1 Å². The predicted octanol–water partition coefficient (Wildman–Crippen LogP) is 3.30. The molecule has 122 valence electrons. The van der Waals surface area contributed by atoms with E-state index in [2.05, 4.69) is 5.32 Å². The maximum Gasteiger partial charge on any atom is 0.420 e. The molecule has 2 heterocycles. The van der Waals surface area contributed by atoms with Gasteiger partial charge in [0.15, 0.2) is 0 Å². The maximum absolute atomic E-state index is 12.5. The lowest BCUT2D eigenvalue weighted by Gasteiger charge is -2.21. The summed E-state index contributed by atoms with van der Waals surface area (Å²) in [7, 11) is 0. The van der Waals surface area contributed by atoms with Crippen LogP contribution in [0.15, 0.2) is 30.3 Å². The lowest BCUT2D eigenvalue weighted by Crippen LogP contribution is -2.28. The first-order chi connectivity index (χ1) is 11.3. The third-order valence-corrected chi connectivity index (χ3v) is 3.60. The van der Waals surface area contributed by atoms with E-state index in [4.69, 9.17) is 4.74 Å². The van der Waals surface area contributed by atoms with Crippen molar-refractivity contribution in [3.8, 4) is 17.3 Å². The summed E-state index contributed by atoms with van der Waals surface area (Å²) in [5.41, 5.74) is 2.49. The van der Waals surface area contributed by atoms with E-state index in [0.29, 0.717) is 12.1 Å². The average molecular weight is 323 g/mol. The molecule has 0 radical (unpaired) electrons. The van der Waals surface area contributed by atoms with E-state index in [1.54, 1.807) is 39.0 Å². The topological polar surface area (TPSA) is 84.1 Å². The van der Waals surface area contributed by atoms with Crippen molar-refractivity contribution >= 4 is 17.7 Å². The number of aromatic nitrogens is 1. The molecule has 1 amide bonds. The molecular formula is C18H17N3O3. The number of hydrogen-bond donors (Lipinski definition) is 1. The van der Waals surface area contributed by atoms with Crippen LogP contribution in [-0.4, -0.2) is 22.2 Å². The minimum absolute atomic E-state index is 0.0533. The smallest absolute Gasteiger partial charge is 0.420 e. The molecule has 2 aromatic rings. The quantitative estimate of drug-likeness (QED) is 0.872. The summed E-state index contributed by atoms with van der Waals surface area (Å²) in [5.74, 6) is -0.0533. The van der Waals surface area contributed by atoms with Crippen molar-refractivity contribution in [2.75, 3.05) is 5.32 Å². The molecule has 3 rings (SSSR count). The number of carbonyl (C=O) groups is 2. The molecule has 0 spiro atoms. The number of nitrogens with zero attached hydrogens (tertiary/aromatic N) is 2. The molecule has 0 saturated carbocycles. The lowest BCUT2D eigenvalue weighted by molar-refractivity contribution is -0.115. The van der Waals surface area contributed by atoms with Crippen molar-refractivity contribution in [3.63, 3.8) is 0 Å². The Kier molecular flexibility index (Phi) is 3.64. The Hall–Kier alpha value is -3.07. The number of rotatable bonds is 1. The Morgan fingerprint density at radius 1 is 1.29 bits per heavy atom. The fourth-order valence-electron chi connectivity index (χ4n) is 2.64. The van der Waals surface area contributed by atoms with Crippen LogP contribution < -0.4 is 5.32 Å². The van der Waals surface area contributed by atoms with Gasteiger partial charge in [0, 0.05) is 5.69 Å². The van der Waals surface area contributed by atoms with Crippen molar-refractivity contribution in [1.82, 2.24) is 4.57 Å². The van der Waals surface area contributed by atoms with Gasteiger partial charge >= 0.3 is 6.09 Å². The molecule has 1 N–H and O–H groups in total. The van der Waals surface area contributed by atoms with Gasteiger partial charge in [0.1, 0.15) is 17.4 Å². The highest BCUT2D eigenvalue weighted by Crippen LogP contribution is 2.30. The zero-order valence-corrected chi connectivity index (χ0v) is 13.7. The van der Waals surface area contributed by atoms with Gasteiger partial charge in [0.25, 0.3) is 0 Å². The summed E-state index contributed by atoms with van der Waals surface area (Å²) >= 11 is 0. The molecule has 1 aromatic carbocycles. The number of benzene rings is 1. The Morgan fingerprint density at radius 2 is 2.04 bits per heavy atom. The molecule has 1 aromatic heterocycles. The summed E-state index contributed by atoms with van der Waals surface area (Å²) in [4.78, 5) is 24.0. The first kappa shape index (κ1) is 15.8. The molecule has 0 atom stereocenters. The van der Waals surface area contributed by atoms with Gasteiger partial charge in [-0.1, -0.05) is 6.07 Å². The molecule has 0 unspecified atom stereocenters. The van der Waals surface area contributed by atoms with E-state index in [1.807, 2.05) is 18.2 Å². The van der Waals surface area contributed by atoms with Crippen molar-refractivity contribution in [3.05, 3.63) is 41.6 Å². The summed E-state index contributed by atoms with van der Waals surface area (Å²) in [6.45, 7) is 5.31. The number of nitriles is 1. The second-order valence-corrected chi connectivity index (χ2v) is 6.63. The summed E-state index contributed by atoms with van der Waals surface area (Å²) < 4.78 is 6.66. The normalized spacial score (nSPS) is 13.2. The van der Waals surface area contributed by atoms with Crippen molar-refractivity contribution in [2.45, 2.75) is 32.8 Å². The number of nitrogens with one attached hydrogen (secondary N) is 1. The van der Waals surface area contributed by atoms with E-state index in [0.717, 1.165) is 16.8 Å². The van der Waals surface area contributed by atoms with Gasteiger partial charge in [-0.2, -0.15) is 5.26 Å². The second-order valence-electron chi connectivity index (χ2n) is 6.63. The number of ether oxygens (including phenoxy) is 1. The van der Waals surface area contributed by atoms with E-state index in [-0.39, 0.29) is 11.6 Å². The summed E-state index contributed by atoms with van der Waals surface area (Å²) in [5, 5.41) is 12.1. The van der Waals surface area contributed by atoms with E-state index < -0.39 is 11.7 Å². The number of carbonyl (C=O) groups excluding carboxylic acids is 2. The molecule has 1 aliphatic rings. The summed E-state index contributed by atoms with van der Waals surface area (Å²) in [6.07, 6.45) is -0.296. The van der Waals surface area contributed by atoms with Crippen LogP contribution in [0.5, 0.6) is 0 Å². The third kappa shape index (κ3) is 2.88. The molecular weight excluding hydrogens is 306 g/mol. The van der Waals surface area contributed by atoms with Gasteiger partial charge in [0.05, 0.1) is 12.1 Å². The van der Waals surface area contributed by atoms with Gasteiger partial charge in [0.2, 0.25) is 5.91 Å². The van der Waals surface area contributed by atoms with Crippen LogP contribution in [0.4, 0.5) is 10.5 Å². The fraction of sp³-hybridized carbons (Fsp3) is 0.278. The van der Waals surface area contributed by atoms with Crippen LogP contribution >= 0.6 is 0 Å². The van der Waals surface area contributed by atoms with Gasteiger partial charge in [-0.05, 0) is 56.2 Å². The van der Waals surface area contributed by atoms with Crippen LogP contribution in [0, 0.1) is 11.3 Å². The SMILES string of the molecule is CC(C)(C)OC(=O)n1c(C#N)ccc1-c1ccc2c(c1)CC(=O)N2. The number of fused-ring (bicyclic) bond motifs is 1. The Morgan fingerprint density at radius 3 is 2.71 bits per heavy atom. The average Bonchev–Trinajstić information content (AvgIpc) is 3.06. The fourth-order valence-corrected chi connectivity index (χ4v) is 2.64. The van der Waals surface area contributed by atoms with Crippen molar-refractivity contribution < 1.29 is 14.3 Å². The standard InChI is InChI=1S/C18H17N3O3/c1-18(2,3)24-17(23)21-13(10-19)5-7-15(21)11-4-6-14-12(8-11)9-16(22)20-14/h4-8H,9H2,1-3H3,(H,20,22). The highest BCUT2D eigenvalue weighted by atomic mass is 16.6. The highest BCUT2D eigenvalue weighted by Gasteiger charge is 2.24. The van der Waals surface area contributed by atoms with E-state index in [9.17, 15) is 14.9 Å². The van der Waals surface area contributed by atoms with Crippen LogP contribution in [0.3, 0.4) is 0 Å². The molecule has 0 saturated heterocycles. The van der Waals surface area contributed by atoms with E-state index in [1.165, 1.54) is 4.57 Å². The Balaban J connectivity index is 2.05. The van der Waals surface area contributed by atoms with Crippen molar-refractivity contribution in [2.24, 2.45) is 0 Å². The lowest BCUT2D eigenvalue weighted by atomic mass is 10.1. The molecule has 6 nitrogen and oxygen atoms in total. The van der Waals surface area contributed by atoms with Gasteiger partial charge in [-0.3, -0.25) is 4.79 Å². The number of amides is 1. The van der Waals surface area contributed by atoms with Crippen LogP contribution in [0.2, 0.25) is 0 Å². The second kappa shape index (κ2) is 5.53. The van der Waals surface area contributed by atoms with E-state index >= 15 is 0 Å². The molecule has 6 heteroatoms. The molecule has 24 heavy (non-hydrogen) atoms. The van der Waals surface area contributed by atoms with Crippen LogP contribution in [0.1, 0.15) is 32.0 Å². The molecule has 0 bridgehead atoms. The van der Waals surface area contributed by atoms with Crippen molar-refractivity contribution in [1.29, 1.82) is 5.26 Å². The maximum atomic E-state index is 12.5. The number of anilines is 1. The van der Waals surface area contributed by atoms with Gasteiger partial charge in [-0.15, -0.1) is 0 Å². The van der Waals surface area contributed by atoms with Crippen LogP contribution in [0.25, 0.3) is 11.3 Å². The number of hydrogen-bond acceptors (Lipinski definition) is 4. The Bertz CT molecular complexity index is 882. The first-order valence-corrected chi connectivity index (χ1v) is 7.57. The zero-order valence-electron chi connectivity index (χ0n) is 13.7. The highest BCUT2D eigenvalue weighted by molar-refractivity contribution is 5.99. The Labute approximate surface area is 139 Å². The van der Waals surface area contributed by atoms with Crippen LogP contribution in [-0.2, 0) is 16.0 Å². The minimum Gasteiger partial charge on any atom is -0.443 e. The molecule has 0 aliphatic carbocycles. The monoisotopic (exact) mass is 323 g/mol. The minimum atomic E-state index is -0.667. The summed E-state index contributed by atoms with van der Waals surface area (Å²) in [6, 6.07) is 10.7. The molecule has 0 fully saturated rings.